The van der Waals surface area contributed by atoms with Crippen LogP contribution in [0.1, 0.15) is 19.3 Å². The minimum absolute atomic E-state index is 0.0345. The molecule has 0 fully saturated rings. The highest BCUT2D eigenvalue weighted by Crippen LogP contribution is 2.28. The van der Waals surface area contributed by atoms with Gasteiger partial charge in [-0.3, -0.25) is 5.73 Å². The SMILES string of the molecule is [NH3+]C(=O)CCCCn1c2ccccc2c2ccccc21. The van der Waals surface area contributed by atoms with Gasteiger partial charge in [-0.25, -0.2) is 4.79 Å². The van der Waals surface area contributed by atoms with Crippen LogP contribution in [0.4, 0.5) is 0 Å². The maximum absolute atomic E-state index is 10.9. The van der Waals surface area contributed by atoms with Crippen molar-refractivity contribution in [3.8, 4) is 0 Å². The average Bonchev–Trinajstić information content (AvgIpc) is 2.78. The van der Waals surface area contributed by atoms with Gasteiger partial charge in [0.15, 0.2) is 0 Å². The minimum atomic E-state index is 0.0345. The summed E-state index contributed by atoms with van der Waals surface area (Å²) < 4.78 is 2.36. The summed E-state index contributed by atoms with van der Waals surface area (Å²) in [6.07, 6.45) is 2.49. The highest BCUT2D eigenvalue weighted by molar-refractivity contribution is 6.07. The molecule has 3 aromatic rings. The van der Waals surface area contributed by atoms with Crippen LogP contribution in [0.25, 0.3) is 21.8 Å². The molecule has 0 bridgehead atoms. The first-order valence-electron chi connectivity index (χ1n) is 7.08. The summed E-state index contributed by atoms with van der Waals surface area (Å²) in [6, 6.07) is 17.0. The Balaban J connectivity index is 1.97. The lowest BCUT2D eigenvalue weighted by Crippen LogP contribution is -2.56. The van der Waals surface area contributed by atoms with Gasteiger partial charge in [-0.2, -0.15) is 0 Å². The molecule has 1 amide bonds. The molecule has 3 rings (SSSR count). The first-order chi connectivity index (χ1) is 9.77. The van der Waals surface area contributed by atoms with Crippen molar-refractivity contribution >= 4 is 27.7 Å². The summed E-state index contributed by atoms with van der Waals surface area (Å²) in [5.74, 6) is 0.0345. The van der Waals surface area contributed by atoms with E-state index in [0.717, 1.165) is 19.4 Å². The second-order valence-corrected chi connectivity index (χ2v) is 5.18. The van der Waals surface area contributed by atoms with Crippen LogP contribution in [-0.2, 0) is 11.3 Å². The Kier molecular flexibility index (Phi) is 3.52. The van der Waals surface area contributed by atoms with Gasteiger partial charge in [0.05, 0.1) is 6.42 Å². The molecule has 102 valence electrons. The van der Waals surface area contributed by atoms with E-state index in [-0.39, 0.29) is 5.91 Å². The van der Waals surface area contributed by atoms with Gasteiger partial charge >= 0.3 is 5.91 Å². The van der Waals surface area contributed by atoms with E-state index in [4.69, 9.17) is 0 Å². The number of unbranched alkanes of at least 4 members (excludes halogenated alkanes) is 1. The van der Waals surface area contributed by atoms with Gasteiger partial charge in [0, 0.05) is 28.4 Å². The molecule has 0 aliphatic rings. The fourth-order valence-corrected chi connectivity index (χ4v) is 2.84. The lowest BCUT2D eigenvalue weighted by atomic mass is 10.2. The zero-order valence-corrected chi connectivity index (χ0v) is 11.5. The van der Waals surface area contributed by atoms with Gasteiger partial charge in [0.1, 0.15) is 0 Å². The molecule has 3 nitrogen and oxygen atoms in total. The Morgan fingerprint density at radius 1 is 0.900 bits per heavy atom. The predicted octanol–water partition coefficient (Wildman–Crippen LogP) is 2.73. The summed E-state index contributed by atoms with van der Waals surface area (Å²) in [6.45, 7) is 0.946. The topological polar surface area (TPSA) is 49.6 Å². The third-order valence-electron chi connectivity index (χ3n) is 3.77. The van der Waals surface area contributed by atoms with Crippen LogP contribution in [0.2, 0.25) is 0 Å². The van der Waals surface area contributed by atoms with Crippen LogP contribution in [0, 0.1) is 0 Å². The number of para-hydroxylation sites is 2. The van der Waals surface area contributed by atoms with Gasteiger partial charge < -0.3 is 4.57 Å². The summed E-state index contributed by atoms with van der Waals surface area (Å²) >= 11 is 0. The molecule has 0 radical (unpaired) electrons. The van der Waals surface area contributed by atoms with Crippen molar-refractivity contribution in [2.24, 2.45) is 0 Å². The van der Waals surface area contributed by atoms with Gasteiger partial charge in [0.25, 0.3) is 0 Å². The maximum Gasteiger partial charge on any atom is 0.308 e. The second kappa shape index (κ2) is 5.47. The van der Waals surface area contributed by atoms with E-state index in [2.05, 4.69) is 58.8 Å². The van der Waals surface area contributed by atoms with Crippen molar-refractivity contribution in [1.29, 1.82) is 0 Å². The first-order valence-corrected chi connectivity index (χ1v) is 7.08. The van der Waals surface area contributed by atoms with Crippen LogP contribution in [0.15, 0.2) is 48.5 Å². The summed E-state index contributed by atoms with van der Waals surface area (Å²) in [4.78, 5) is 10.9. The van der Waals surface area contributed by atoms with Crippen molar-refractivity contribution in [1.82, 2.24) is 4.57 Å². The van der Waals surface area contributed by atoms with E-state index in [0.29, 0.717) is 6.42 Å². The Hall–Kier alpha value is -2.13. The van der Waals surface area contributed by atoms with Crippen molar-refractivity contribution in [2.75, 3.05) is 0 Å². The fraction of sp³-hybridized carbons (Fsp3) is 0.235. The molecule has 3 heteroatoms. The first kappa shape index (κ1) is 12.9. The minimum Gasteiger partial charge on any atom is -0.340 e. The number of quaternary nitrogens is 1. The van der Waals surface area contributed by atoms with E-state index < -0.39 is 0 Å². The van der Waals surface area contributed by atoms with E-state index in [1.54, 1.807) is 0 Å². The maximum atomic E-state index is 10.9. The van der Waals surface area contributed by atoms with Gasteiger partial charge in [-0.05, 0) is 25.0 Å². The predicted molar refractivity (Wildman–Crippen MR) is 81.2 cm³/mol. The number of aryl methyl sites for hydroxylation is 1. The van der Waals surface area contributed by atoms with Crippen LogP contribution < -0.4 is 5.73 Å². The molecule has 0 aliphatic heterocycles. The zero-order chi connectivity index (χ0) is 13.9. The zero-order valence-electron chi connectivity index (χ0n) is 11.5. The molecule has 0 spiro atoms. The highest BCUT2D eigenvalue weighted by atomic mass is 16.1. The van der Waals surface area contributed by atoms with Gasteiger partial charge in [-0.15, -0.1) is 0 Å². The van der Waals surface area contributed by atoms with Crippen LogP contribution in [-0.4, -0.2) is 10.5 Å². The van der Waals surface area contributed by atoms with Crippen LogP contribution >= 0.6 is 0 Å². The number of hydrogen-bond donors (Lipinski definition) is 1. The number of carbonyl (C=O) groups is 1. The normalized spacial score (nSPS) is 11.2. The number of fused-ring (bicyclic) bond motifs is 3. The molecule has 1 heterocycles. The van der Waals surface area contributed by atoms with Crippen molar-refractivity contribution in [2.45, 2.75) is 25.8 Å². The molecule has 3 N–H and O–H groups in total. The molecule has 20 heavy (non-hydrogen) atoms. The number of amides is 1. The molecular weight excluding hydrogens is 248 g/mol. The molecule has 0 unspecified atom stereocenters. The van der Waals surface area contributed by atoms with Gasteiger partial charge in [0.2, 0.25) is 0 Å². The molecular formula is C17H19N2O+. The standard InChI is InChI=1S/C17H18N2O/c18-17(20)11-5-6-12-19-15-9-3-1-7-13(15)14-8-2-4-10-16(14)19/h1-4,7-10H,5-6,11-12H2,(H2,18,20)/p+1. The quantitative estimate of drug-likeness (QED) is 0.710. The smallest absolute Gasteiger partial charge is 0.308 e. The number of aromatic nitrogens is 1. The highest BCUT2D eigenvalue weighted by Gasteiger charge is 2.09. The lowest BCUT2D eigenvalue weighted by Gasteiger charge is -2.06. The van der Waals surface area contributed by atoms with Crippen molar-refractivity contribution in [3.05, 3.63) is 48.5 Å². The lowest BCUT2D eigenvalue weighted by molar-refractivity contribution is -0.305. The Bertz CT molecular complexity index is 705. The van der Waals surface area contributed by atoms with E-state index in [1.165, 1.54) is 21.8 Å². The fourth-order valence-electron chi connectivity index (χ4n) is 2.84. The molecule has 0 saturated carbocycles. The molecule has 0 saturated heterocycles. The number of nitrogens with zero attached hydrogens (tertiary/aromatic N) is 1. The second-order valence-electron chi connectivity index (χ2n) is 5.18. The molecule has 0 atom stereocenters. The third-order valence-corrected chi connectivity index (χ3v) is 3.77. The van der Waals surface area contributed by atoms with E-state index in [9.17, 15) is 4.79 Å². The van der Waals surface area contributed by atoms with Crippen molar-refractivity contribution < 1.29 is 10.5 Å². The summed E-state index contributed by atoms with van der Waals surface area (Å²) in [5, 5.41) is 2.60. The number of benzene rings is 2. The summed E-state index contributed by atoms with van der Waals surface area (Å²) in [7, 11) is 0. The van der Waals surface area contributed by atoms with Crippen LogP contribution in [0.3, 0.4) is 0 Å². The largest absolute Gasteiger partial charge is 0.340 e. The Morgan fingerprint density at radius 2 is 1.45 bits per heavy atom. The monoisotopic (exact) mass is 267 g/mol. The van der Waals surface area contributed by atoms with Gasteiger partial charge in [-0.1, -0.05) is 36.4 Å². The molecule has 2 aromatic carbocycles. The number of carbonyl (C=O) groups excluding carboxylic acids is 1. The Morgan fingerprint density at radius 3 is 2.00 bits per heavy atom. The summed E-state index contributed by atoms with van der Waals surface area (Å²) in [5.41, 5.74) is 5.97. The Labute approximate surface area is 118 Å². The average molecular weight is 267 g/mol. The third kappa shape index (κ3) is 2.32. The van der Waals surface area contributed by atoms with Crippen molar-refractivity contribution in [3.63, 3.8) is 0 Å². The number of hydrogen-bond acceptors (Lipinski definition) is 1. The van der Waals surface area contributed by atoms with Crippen LogP contribution in [0.5, 0.6) is 0 Å². The molecule has 0 aliphatic carbocycles. The van der Waals surface area contributed by atoms with E-state index >= 15 is 0 Å². The molecule has 1 aromatic heterocycles. The number of rotatable bonds is 5. The van der Waals surface area contributed by atoms with E-state index in [1.807, 2.05) is 0 Å².